The maximum Gasteiger partial charge on any atom is 0.229 e. The molecule has 1 unspecified atom stereocenters. The smallest absolute Gasteiger partial charge is 0.229 e. The van der Waals surface area contributed by atoms with E-state index in [4.69, 9.17) is 10.3 Å². The molecule has 1 aromatic carbocycles. The summed E-state index contributed by atoms with van der Waals surface area (Å²) < 4.78 is 5.26. The molecule has 1 aliphatic carbocycles. The summed E-state index contributed by atoms with van der Waals surface area (Å²) in [6.07, 6.45) is 2.31. The van der Waals surface area contributed by atoms with Crippen LogP contribution in [0.2, 0.25) is 0 Å². The summed E-state index contributed by atoms with van der Waals surface area (Å²) in [5.41, 5.74) is 9.73. The molecular formula is C14H17N3O. The van der Waals surface area contributed by atoms with Gasteiger partial charge < -0.3 is 10.3 Å². The molecule has 0 spiro atoms. The van der Waals surface area contributed by atoms with Gasteiger partial charge in [0.25, 0.3) is 0 Å². The van der Waals surface area contributed by atoms with Gasteiger partial charge in [-0.3, -0.25) is 0 Å². The fraction of sp³-hybridized carbons (Fsp3) is 0.429. The maximum atomic E-state index is 6.23. The van der Waals surface area contributed by atoms with Crippen molar-refractivity contribution in [3.05, 3.63) is 46.6 Å². The summed E-state index contributed by atoms with van der Waals surface area (Å²) in [5.74, 6) is 1.80. The number of aromatic nitrogens is 2. The van der Waals surface area contributed by atoms with Gasteiger partial charge in [-0.25, -0.2) is 0 Å². The Morgan fingerprint density at radius 2 is 2.11 bits per heavy atom. The molecule has 0 saturated heterocycles. The Morgan fingerprint density at radius 1 is 1.33 bits per heavy atom. The molecule has 3 rings (SSSR count). The van der Waals surface area contributed by atoms with Crippen LogP contribution in [-0.4, -0.2) is 10.1 Å². The second-order valence-electron chi connectivity index (χ2n) is 5.03. The van der Waals surface area contributed by atoms with Gasteiger partial charge >= 0.3 is 0 Å². The SMILES string of the molecule is Cc1cccc(C(N)c2noc(C3CC3)n2)c1C. The molecule has 0 aliphatic heterocycles. The predicted molar refractivity (Wildman–Crippen MR) is 68.2 cm³/mol. The molecule has 4 nitrogen and oxygen atoms in total. The van der Waals surface area contributed by atoms with E-state index in [9.17, 15) is 0 Å². The molecule has 1 atom stereocenters. The molecule has 0 radical (unpaired) electrons. The fourth-order valence-corrected chi connectivity index (χ4v) is 2.12. The predicted octanol–water partition coefficient (Wildman–Crippen LogP) is 2.61. The van der Waals surface area contributed by atoms with Gasteiger partial charge in [0, 0.05) is 5.92 Å². The van der Waals surface area contributed by atoms with Crippen LogP contribution in [0.5, 0.6) is 0 Å². The standard InChI is InChI=1S/C14H17N3O/c1-8-4-3-5-11(9(8)2)12(15)13-16-14(18-17-13)10-6-7-10/h3-5,10,12H,6-7,15H2,1-2H3. The normalized spacial score (nSPS) is 16.8. The van der Waals surface area contributed by atoms with E-state index in [-0.39, 0.29) is 6.04 Å². The van der Waals surface area contributed by atoms with Gasteiger partial charge in [0.1, 0.15) is 0 Å². The van der Waals surface area contributed by atoms with E-state index in [1.807, 2.05) is 12.1 Å². The van der Waals surface area contributed by atoms with E-state index in [0.717, 1.165) is 24.3 Å². The summed E-state index contributed by atoms with van der Waals surface area (Å²) in [4.78, 5) is 4.42. The second kappa shape index (κ2) is 4.21. The number of benzene rings is 1. The third kappa shape index (κ3) is 1.93. The maximum absolute atomic E-state index is 6.23. The number of rotatable bonds is 3. The first kappa shape index (κ1) is 11.4. The molecule has 2 N–H and O–H groups in total. The van der Waals surface area contributed by atoms with Crippen molar-refractivity contribution in [1.82, 2.24) is 10.1 Å². The summed E-state index contributed by atoms with van der Waals surface area (Å²) in [6, 6.07) is 5.82. The molecule has 18 heavy (non-hydrogen) atoms. The first-order chi connectivity index (χ1) is 8.66. The zero-order chi connectivity index (χ0) is 12.7. The minimum atomic E-state index is -0.304. The zero-order valence-corrected chi connectivity index (χ0v) is 10.7. The van der Waals surface area contributed by atoms with Crippen molar-refractivity contribution >= 4 is 0 Å². The van der Waals surface area contributed by atoms with Crippen LogP contribution >= 0.6 is 0 Å². The summed E-state index contributed by atoms with van der Waals surface area (Å²) in [7, 11) is 0. The number of nitrogens with zero attached hydrogens (tertiary/aromatic N) is 2. The summed E-state index contributed by atoms with van der Waals surface area (Å²) in [6.45, 7) is 4.16. The third-order valence-corrected chi connectivity index (χ3v) is 3.64. The second-order valence-corrected chi connectivity index (χ2v) is 5.03. The molecule has 1 saturated carbocycles. The fourth-order valence-electron chi connectivity index (χ4n) is 2.12. The molecule has 0 bridgehead atoms. The lowest BCUT2D eigenvalue weighted by Gasteiger charge is -2.12. The summed E-state index contributed by atoms with van der Waals surface area (Å²) in [5, 5.41) is 4.01. The molecule has 4 heteroatoms. The van der Waals surface area contributed by atoms with Crippen molar-refractivity contribution in [2.45, 2.75) is 38.6 Å². The van der Waals surface area contributed by atoms with Gasteiger partial charge in [0.2, 0.25) is 5.89 Å². The molecular weight excluding hydrogens is 226 g/mol. The van der Waals surface area contributed by atoms with Crippen LogP contribution in [0.25, 0.3) is 0 Å². The lowest BCUT2D eigenvalue weighted by Crippen LogP contribution is -2.15. The number of hydrogen-bond donors (Lipinski definition) is 1. The minimum absolute atomic E-state index is 0.304. The Bertz CT molecular complexity index is 572. The van der Waals surface area contributed by atoms with Crippen LogP contribution in [0.3, 0.4) is 0 Å². The minimum Gasteiger partial charge on any atom is -0.339 e. The van der Waals surface area contributed by atoms with Gasteiger partial charge in [-0.05, 0) is 43.4 Å². The van der Waals surface area contributed by atoms with Crippen LogP contribution in [0, 0.1) is 13.8 Å². The largest absolute Gasteiger partial charge is 0.339 e. The quantitative estimate of drug-likeness (QED) is 0.900. The van der Waals surface area contributed by atoms with Crippen molar-refractivity contribution < 1.29 is 4.52 Å². The average molecular weight is 243 g/mol. The number of aryl methyl sites for hydroxylation is 1. The highest BCUT2D eigenvalue weighted by Crippen LogP contribution is 2.39. The Kier molecular flexibility index (Phi) is 2.67. The molecule has 1 heterocycles. The highest BCUT2D eigenvalue weighted by atomic mass is 16.5. The van der Waals surface area contributed by atoms with Crippen molar-refractivity contribution in [3.63, 3.8) is 0 Å². The Balaban J connectivity index is 1.92. The van der Waals surface area contributed by atoms with Gasteiger partial charge in [0.15, 0.2) is 5.82 Å². The molecule has 2 aromatic rings. The Hall–Kier alpha value is -1.68. The lowest BCUT2D eigenvalue weighted by molar-refractivity contribution is 0.372. The average Bonchev–Trinajstić information content (AvgIpc) is 3.10. The molecule has 1 aromatic heterocycles. The lowest BCUT2D eigenvalue weighted by atomic mass is 9.98. The first-order valence-electron chi connectivity index (χ1n) is 6.32. The van der Waals surface area contributed by atoms with Crippen molar-refractivity contribution in [2.75, 3.05) is 0 Å². The van der Waals surface area contributed by atoms with E-state index >= 15 is 0 Å². The van der Waals surface area contributed by atoms with Crippen LogP contribution in [0.4, 0.5) is 0 Å². The highest BCUT2D eigenvalue weighted by Gasteiger charge is 2.30. The Morgan fingerprint density at radius 3 is 2.83 bits per heavy atom. The molecule has 1 fully saturated rings. The molecule has 0 amide bonds. The highest BCUT2D eigenvalue weighted by molar-refractivity contribution is 5.37. The van der Waals surface area contributed by atoms with Crippen LogP contribution in [0.1, 0.15) is 53.2 Å². The van der Waals surface area contributed by atoms with E-state index in [1.54, 1.807) is 0 Å². The van der Waals surface area contributed by atoms with Crippen LogP contribution in [0.15, 0.2) is 22.7 Å². The third-order valence-electron chi connectivity index (χ3n) is 3.64. The summed E-state index contributed by atoms with van der Waals surface area (Å²) >= 11 is 0. The number of nitrogens with two attached hydrogens (primary N) is 1. The van der Waals surface area contributed by atoms with Crippen LogP contribution < -0.4 is 5.73 Å². The van der Waals surface area contributed by atoms with Crippen LogP contribution in [-0.2, 0) is 0 Å². The molecule has 1 aliphatic rings. The monoisotopic (exact) mass is 243 g/mol. The van der Waals surface area contributed by atoms with Gasteiger partial charge in [-0.15, -0.1) is 0 Å². The first-order valence-corrected chi connectivity index (χ1v) is 6.32. The van der Waals surface area contributed by atoms with E-state index in [2.05, 4.69) is 30.1 Å². The van der Waals surface area contributed by atoms with Gasteiger partial charge in [0.05, 0.1) is 6.04 Å². The molecule has 94 valence electrons. The number of hydrogen-bond acceptors (Lipinski definition) is 4. The van der Waals surface area contributed by atoms with Crippen molar-refractivity contribution in [3.8, 4) is 0 Å². The van der Waals surface area contributed by atoms with Crippen molar-refractivity contribution in [2.24, 2.45) is 5.73 Å². The van der Waals surface area contributed by atoms with E-state index in [0.29, 0.717) is 11.7 Å². The topological polar surface area (TPSA) is 64.9 Å². The van der Waals surface area contributed by atoms with E-state index < -0.39 is 0 Å². The zero-order valence-electron chi connectivity index (χ0n) is 10.7. The van der Waals surface area contributed by atoms with Gasteiger partial charge in [-0.1, -0.05) is 23.4 Å². The van der Waals surface area contributed by atoms with Crippen molar-refractivity contribution in [1.29, 1.82) is 0 Å². The Labute approximate surface area is 106 Å². The van der Waals surface area contributed by atoms with Gasteiger partial charge in [-0.2, -0.15) is 4.98 Å². The van der Waals surface area contributed by atoms with E-state index in [1.165, 1.54) is 11.1 Å².